The fourth-order valence-corrected chi connectivity index (χ4v) is 22.4. The van der Waals surface area contributed by atoms with Crippen molar-refractivity contribution in [2.45, 2.75) is 380 Å². The van der Waals surface area contributed by atoms with E-state index in [1.54, 1.807) is 6.92 Å². The third kappa shape index (κ3) is 17.5. The zero-order valence-electron chi connectivity index (χ0n) is 70.1. The van der Waals surface area contributed by atoms with Gasteiger partial charge in [0.25, 0.3) is 0 Å². The van der Waals surface area contributed by atoms with Gasteiger partial charge in [-0.25, -0.2) is 4.79 Å². The Hall–Kier alpha value is -4.07. The van der Waals surface area contributed by atoms with Gasteiger partial charge in [-0.05, 0) is 118 Å². The van der Waals surface area contributed by atoms with E-state index in [2.05, 4.69) is 26.8 Å². The maximum atomic E-state index is 16.3. The summed E-state index contributed by atoms with van der Waals surface area (Å²) in [5.74, 6) is -8.69. The van der Waals surface area contributed by atoms with Crippen molar-refractivity contribution in [3.8, 4) is 0 Å². The molecule has 43 heteroatoms. The van der Waals surface area contributed by atoms with E-state index in [0.29, 0.717) is 38.5 Å². The lowest BCUT2D eigenvalue weighted by atomic mass is 9.33. The minimum atomic E-state index is -2.55. The molecule has 47 atom stereocenters. The number of carbonyl (C=O) groups excluding carboxylic acids is 4. The van der Waals surface area contributed by atoms with E-state index in [4.69, 9.17) is 85.3 Å². The Morgan fingerprint density at radius 3 is 1.65 bits per heavy atom. The summed E-state index contributed by atoms with van der Waals surface area (Å²) in [5, 5.41) is 224. The normalized spacial score (nSPS) is 53.0. The van der Waals surface area contributed by atoms with Gasteiger partial charge in [0.15, 0.2) is 74.2 Å². The number of carboxylic acid groups (broad SMARTS) is 1. The highest BCUT2D eigenvalue weighted by Crippen LogP contribution is 2.76. The second kappa shape index (κ2) is 36.6. The average Bonchev–Trinajstić information content (AvgIpc) is 0.668. The number of aliphatic carboxylic acids is 1. The summed E-state index contributed by atoms with van der Waals surface area (Å²) < 4.78 is 108. The van der Waals surface area contributed by atoms with Crippen molar-refractivity contribution in [3.63, 3.8) is 0 Å². The summed E-state index contributed by atoms with van der Waals surface area (Å²) >= 11 is 0. The summed E-state index contributed by atoms with van der Waals surface area (Å²) in [6, 6.07) is 0. The van der Waals surface area contributed by atoms with Crippen molar-refractivity contribution in [2.24, 2.45) is 50.2 Å². The minimum Gasteiger partial charge on any atom is -0.479 e. The number of aliphatic hydroxyl groups excluding tert-OH is 18. The smallest absolute Gasteiger partial charge is 0.335 e. The van der Waals surface area contributed by atoms with Crippen molar-refractivity contribution in [3.05, 3.63) is 11.6 Å². The number of aliphatic hydroxyl groups is 19. The van der Waals surface area contributed by atoms with Crippen molar-refractivity contribution >= 4 is 30.2 Å². The van der Waals surface area contributed by atoms with Gasteiger partial charge in [-0.2, -0.15) is 0 Å². The van der Waals surface area contributed by atoms with Crippen LogP contribution in [0, 0.1) is 50.2 Å². The number of carbonyl (C=O) groups is 5. The SMILES string of the molecule is CC(=O)OC1C(C)OC(OC2C(C)OC(OC(=O)[C@]34CCC(C)(C)CC3C3=CCC5[C@@]6(C)CC[C@H](OC7OC(C(=O)O)C(O)C(OC8OCC(O)C(O)C8O)C7OC7OC(O)(CO)CC(O)C7O)[C@@](C)(C=O)C6CC[C@@]5(C)C3(C)CC4O)C(OC3OC(C)C(OC4OCC(O)C(OC5OC(CO)C(O)C(O)C5O)C4O)C(O)C3O)C2O)C(O)C1OC(C)=O. The number of esters is 3. The lowest BCUT2D eigenvalue weighted by Gasteiger charge is -2.71. The highest BCUT2D eigenvalue weighted by Gasteiger charge is 2.74. The molecule has 20 N–H and O–H groups in total. The Labute approximate surface area is 707 Å². The van der Waals surface area contributed by atoms with Crippen LogP contribution in [0.25, 0.3) is 0 Å². The Balaban J connectivity index is 0.776. The predicted molar refractivity (Wildman–Crippen MR) is 398 cm³/mol. The number of ether oxygens (including phenoxy) is 18. The van der Waals surface area contributed by atoms with E-state index in [1.165, 1.54) is 20.8 Å². The molecule has 4 saturated carbocycles. The molecule has 13 aliphatic rings. The first-order valence-corrected chi connectivity index (χ1v) is 42.1. The Bertz CT molecular complexity index is 3730. The van der Waals surface area contributed by atoms with Gasteiger partial charge >= 0.3 is 23.9 Å². The van der Waals surface area contributed by atoms with Gasteiger partial charge < -0.3 is 192 Å². The fourth-order valence-electron chi connectivity index (χ4n) is 22.4. The van der Waals surface area contributed by atoms with Gasteiger partial charge in [0.1, 0.15) is 134 Å². The molecule has 0 bridgehead atoms. The Kier molecular flexibility index (Phi) is 28.7. The highest BCUT2D eigenvalue weighted by atomic mass is 16.8. The van der Waals surface area contributed by atoms with Gasteiger partial charge in [0.2, 0.25) is 6.29 Å². The molecule has 123 heavy (non-hydrogen) atoms. The first-order valence-electron chi connectivity index (χ1n) is 42.1. The molecule has 0 aromatic carbocycles. The molecule has 702 valence electrons. The van der Waals surface area contributed by atoms with Crippen molar-refractivity contribution in [2.75, 3.05) is 26.4 Å². The number of aldehydes is 1. The Morgan fingerprint density at radius 2 is 1.02 bits per heavy atom. The second-order valence-corrected chi connectivity index (χ2v) is 37.7. The third-order valence-corrected chi connectivity index (χ3v) is 29.4. The van der Waals surface area contributed by atoms with Crippen LogP contribution in [0.4, 0.5) is 0 Å². The van der Waals surface area contributed by atoms with Crippen LogP contribution in [-0.4, -0.2) is 398 Å². The first kappa shape index (κ1) is 96.5. The van der Waals surface area contributed by atoms with Gasteiger partial charge in [-0.1, -0.05) is 53.2 Å². The molecule has 0 radical (unpaired) electrons. The van der Waals surface area contributed by atoms with Crippen LogP contribution in [-0.2, 0) is 109 Å². The topological polar surface area (TPSA) is 656 Å². The monoisotopic (exact) mass is 1770 g/mol. The molecule has 8 saturated heterocycles. The summed E-state index contributed by atoms with van der Waals surface area (Å²) in [4.78, 5) is 68.6. The van der Waals surface area contributed by atoms with Crippen molar-refractivity contribution in [1.29, 1.82) is 0 Å². The summed E-state index contributed by atoms with van der Waals surface area (Å²) in [6.45, 7) is 15.1. The lowest BCUT2D eigenvalue weighted by Crippen LogP contribution is -2.69. The zero-order valence-corrected chi connectivity index (χ0v) is 70.1. The van der Waals surface area contributed by atoms with Crippen molar-refractivity contribution in [1.82, 2.24) is 0 Å². The number of allylic oxidation sites excluding steroid dienone is 2. The minimum absolute atomic E-state index is 0.0287. The van der Waals surface area contributed by atoms with Gasteiger partial charge in [-0.3, -0.25) is 14.4 Å². The molecule has 0 spiro atoms. The molecule has 13 rings (SSSR count). The van der Waals surface area contributed by atoms with E-state index in [1.807, 2.05) is 13.8 Å². The van der Waals surface area contributed by atoms with Crippen LogP contribution < -0.4 is 0 Å². The van der Waals surface area contributed by atoms with Crippen LogP contribution in [0.3, 0.4) is 0 Å². The van der Waals surface area contributed by atoms with E-state index in [-0.39, 0.29) is 25.2 Å². The zero-order chi connectivity index (χ0) is 90.1. The quantitative estimate of drug-likeness (QED) is 0.0158. The number of hydrogen-bond acceptors (Lipinski definition) is 42. The van der Waals surface area contributed by atoms with Crippen LogP contribution in [0.5, 0.6) is 0 Å². The molecule has 8 aliphatic heterocycles. The standard InChI is InChI=1S/C80H124O43/c1-28-55(115-66-53(100)58(37(88)25-107-66)117-68-49(96)46(93)45(92)38(23-81)113-68)47(94)50(97)67(108-28)120-62-51(98)56(116-69-54(101)60(112-32(5)85)57(30(3)109-69)111-31(4)84)29(2)110-71(62)122-73(104)80-19-18-74(6,7)20-34(80)33-12-13-40-75(8)16-15-42(76(9,26-82)39(75)14-17-77(40,10)78(33,11)22-41(80)89)114-72-63(121-70-44(91)35(86)21-79(105,27-83)123-70)59(52(99)61(119-72)64(102)103)118-65-48(95)43(90)36(87)24-106-65/h12,26,28-30,34-63,65-72,81,83,86-101,105H,13-25,27H2,1-11H3,(H,102,103)/t28?,29?,30?,34?,35?,36?,37?,38?,39?,40?,41?,42-,43?,44?,45?,46?,47?,48?,49?,50?,51?,52?,53?,54?,55?,56?,57?,58?,59?,60?,61?,62?,63?,65?,66?,67?,68?,69?,70?,71?,72?,75-,76-,77+,78?,79?,80+/m0/s1. The van der Waals surface area contributed by atoms with E-state index < -0.39 is 340 Å². The molecule has 12 fully saturated rings. The summed E-state index contributed by atoms with van der Waals surface area (Å²) in [7, 11) is 0. The molecule has 43 nitrogen and oxygen atoms in total. The average molecular weight is 1770 g/mol. The molecule has 0 aromatic rings. The van der Waals surface area contributed by atoms with Gasteiger partial charge in [-0.15, -0.1) is 0 Å². The van der Waals surface area contributed by atoms with Gasteiger partial charge in [0, 0.05) is 20.3 Å². The third-order valence-electron chi connectivity index (χ3n) is 29.4. The molecular formula is C80H124O43. The molecule has 8 heterocycles. The number of carboxylic acids is 1. The molecule has 0 amide bonds. The number of fused-ring (bicyclic) bond motifs is 7. The van der Waals surface area contributed by atoms with E-state index in [0.717, 1.165) is 25.7 Å². The van der Waals surface area contributed by atoms with Crippen LogP contribution in [0.15, 0.2) is 11.6 Å². The van der Waals surface area contributed by atoms with E-state index >= 15 is 4.79 Å². The maximum Gasteiger partial charge on any atom is 0.335 e. The lowest BCUT2D eigenvalue weighted by molar-refractivity contribution is -0.412. The highest BCUT2D eigenvalue weighted by molar-refractivity contribution is 5.80. The number of hydrogen-bond donors (Lipinski definition) is 20. The second-order valence-electron chi connectivity index (χ2n) is 37.7. The molecule has 42 unspecified atom stereocenters. The predicted octanol–water partition coefficient (Wildman–Crippen LogP) is -6.64. The maximum absolute atomic E-state index is 16.3. The van der Waals surface area contributed by atoms with Gasteiger partial charge in [0.05, 0.1) is 68.5 Å². The van der Waals surface area contributed by atoms with Crippen LogP contribution in [0.2, 0.25) is 0 Å². The molecular weight excluding hydrogens is 1650 g/mol. The van der Waals surface area contributed by atoms with Crippen molar-refractivity contribution < 1.29 is 211 Å². The first-order chi connectivity index (χ1) is 57.6. The largest absolute Gasteiger partial charge is 0.479 e. The summed E-state index contributed by atoms with van der Waals surface area (Å²) in [6.07, 6.45) is -65.3. The Morgan fingerprint density at radius 1 is 0.472 bits per heavy atom. The number of rotatable bonds is 22. The summed E-state index contributed by atoms with van der Waals surface area (Å²) in [5.41, 5.74) is -5.44. The van der Waals surface area contributed by atoms with Crippen LogP contribution >= 0.6 is 0 Å². The molecule has 0 aromatic heterocycles. The fraction of sp³-hybridized carbons (Fsp3) is 0.912. The van der Waals surface area contributed by atoms with Crippen LogP contribution in [0.1, 0.15) is 140 Å². The molecule has 5 aliphatic carbocycles. The van der Waals surface area contributed by atoms with E-state index in [9.17, 15) is 121 Å².